The fourth-order valence-electron chi connectivity index (χ4n) is 3.64. The molecule has 8 nitrogen and oxygen atoms in total. The highest BCUT2D eigenvalue weighted by molar-refractivity contribution is 7.92. The third-order valence-electron chi connectivity index (χ3n) is 5.18. The van der Waals surface area contributed by atoms with Gasteiger partial charge in [-0.2, -0.15) is 4.39 Å². The maximum atomic E-state index is 13.8. The van der Waals surface area contributed by atoms with E-state index in [1.165, 1.54) is 43.3 Å². The number of alkyl halides is 1. The van der Waals surface area contributed by atoms with Gasteiger partial charge in [-0.05, 0) is 43.5 Å². The summed E-state index contributed by atoms with van der Waals surface area (Å²) in [5.74, 6) is 0.0201. The van der Waals surface area contributed by atoms with E-state index in [4.69, 9.17) is 14.2 Å². The van der Waals surface area contributed by atoms with Crippen LogP contribution >= 0.6 is 9.24 Å². The first-order valence-corrected chi connectivity index (χ1v) is 13.0. The Balaban J connectivity index is 1.81. The van der Waals surface area contributed by atoms with Gasteiger partial charge < -0.3 is 19.5 Å². The molecule has 2 unspecified atom stereocenters. The van der Waals surface area contributed by atoms with E-state index in [1.54, 1.807) is 13.0 Å². The molecule has 1 saturated heterocycles. The van der Waals surface area contributed by atoms with Gasteiger partial charge in [-0.1, -0.05) is 22.2 Å². The lowest BCUT2D eigenvalue weighted by Gasteiger charge is -2.27. The first-order chi connectivity index (χ1) is 16.0. The van der Waals surface area contributed by atoms with Gasteiger partial charge in [0.2, 0.25) is 5.91 Å². The van der Waals surface area contributed by atoms with Crippen LogP contribution < -0.4 is 19.5 Å². The number of nitrogens with one attached hydrogen (secondary N) is 2. The van der Waals surface area contributed by atoms with Crippen molar-refractivity contribution in [3.8, 4) is 11.5 Å². The van der Waals surface area contributed by atoms with Gasteiger partial charge in [-0.3, -0.25) is 9.52 Å². The molecule has 0 radical (unpaired) electrons. The topological polar surface area (TPSA) is 103 Å². The molecule has 0 spiro atoms. The Hall–Kier alpha value is -2.42. The Bertz CT molecular complexity index is 1120. The minimum Gasteiger partial charge on any atom is -0.492 e. The first kappa shape index (κ1) is 26.2. The molecule has 0 saturated carbocycles. The van der Waals surface area contributed by atoms with Crippen LogP contribution in [0.4, 0.5) is 15.8 Å². The number of amides is 1. The smallest absolute Gasteiger partial charge is 0.265 e. The van der Waals surface area contributed by atoms with Crippen LogP contribution in [0, 0.1) is 11.8 Å². The van der Waals surface area contributed by atoms with Gasteiger partial charge in [0.1, 0.15) is 16.4 Å². The number of hydrogen-bond donors (Lipinski definition) is 2. The fraction of sp³-hybridized carbons (Fsp3) is 0.435. The molecule has 34 heavy (non-hydrogen) atoms. The zero-order chi connectivity index (χ0) is 24.9. The lowest BCUT2D eigenvalue weighted by molar-refractivity contribution is -0.125. The van der Waals surface area contributed by atoms with Gasteiger partial charge in [0.05, 0.1) is 12.3 Å². The van der Waals surface area contributed by atoms with Crippen molar-refractivity contribution in [2.75, 3.05) is 29.9 Å². The zero-order valence-electron chi connectivity index (χ0n) is 19.3. The van der Waals surface area contributed by atoms with Gasteiger partial charge >= 0.3 is 0 Å². The average Bonchev–Trinajstić information content (AvgIpc) is 2.73. The summed E-state index contributed by atoms with van der Waals surface area (Å²) < 4.78 is 58.5. The van der Waals surface area contributed by atoms with Gasteiger partial charge in [0, 0.05) is 43.9 Å². The van der Waals surface area contributed by atoms with Crippen LogP contribution in [0.3, 0.4) is 0 Å². The van der Waals surface area contributed by atoms with Crippen LogP contribution in [-0.2, 0) is 19.6 Å². The van der Waals surface area contributed by atoms with Crippen LogP contribution in [0.25, 0.3) is 0 Å². The number of benzene rings is 2. The molecule has 0 aromatic heterocycles. The third kappa shape index (κ3) is 7.04. The molecule has 186 valence electrons. The van der Waals surface area contributed by atoms with E-state index in [2.05, 4.69) is 10.0 Å². The molecule has 3 rings (SSSR count). The largest absolute Gasteiger partial charge is 0.492 e. The molecule has 4 atom stereocenters. The molecule has 0 aliphatic carbocycles. The summed E-state index contributed by atoms with van der Waals surface area (Å²) in [4.78, 5) is 12.6. The number of hydrogen-bond acceptors (Lipinski definition) is 6. The summed E-state index contributed by atoms with van der Waals surface area (Å²) in [6.45, 7) is 6.19. The van der Waals surface area contributed by atoms with Crippen molar-refractivity contribution in [1.82, 2.24) is 0 Å². The minimum absolute atomic E-state index is 0.0882. The molecule has 1 aliphatic heterocycles. The SMILES string of the molecule is CCOc1cc(NC(=O)[C@H]2CCOC[C@H]2C)ccc1S(=O)(=O)Nc1cccc(OC(C)(F)P)c1. The van der Waals surface area contributed by atoms with Crippen LogP contribution in [0.5, 0.6) is 11.5 Å². The number of sulfonamides is 1. The van der Waals surface area contributed by atoms with Crippen molar-refractivity contribution in [2.24, 2.45) is 11.8 Å². The van der Waals surface area contributed by atoms with Crippen LogP contribution in [0.15, 0.2) is 47.4 Å². The molecular weight excluding hydrogens is 482 g/mol. The van der Waals surface area contributed by atoms with Crippen LogP contribution in [0.2, 0.25) is 0 Å². The van der Waals surface area contributed by atoms with Crippen LogP contribution in [-0.4, -0.2) is 39.7 Å². The predicted molar refractivity (Wildman–Crippen MR) is 131 cm³/mol. The van der Waals surface area contributed by atoms with Crippen molar-refractivity contribution in [2.45, 2.75) is 37.7 Å². The van der Waals surface area contributed by atoms with E-state index in [1.807, 2.05) is 16.2 Å². The van der Waals surface area contributed by atoms with Crippen molar-refractivity contribution >= 4 is 36.5 Å². The highest BCUT2D eigenvalue weighted by atomic mass is 32.2. The van der Waals surface area contributed by atoms with E-state index in [9.17, 15) is 17.6 Å². The summed E-state index contributed by atoms with van der Waals surface area (Å²) in [6.07, 6.45) is 0.628. The summed E-state index contributed by atoms with van der Waals surface area (Å²) in [6, 6.07) is 10.3. The second kappa shape index (κ2) is 10.9. The van der Waals surface area contributed by atoms with Crippen LogP contribution in [0.1, 0.15) is 27.2 Å². The normalized spacial score (nSPS) is 20.1. The molecule has 11 heteroatoms. The number of halogens is 1. The number of rotatable bonds is 9. The van der Waals surface area contributed by atoms with Crippen molar-refractivity contribution in [1.29, 1.82) is 0 Å². The first-order valence-electron chi connectivity index (χ1n) is 10.9. The van der Waals surface area contributed by atoms with E-state index < -0.39 is 15.6 Å². The van der Waals surface area contributed by atoms with Crippen molar-refractivity contribution in [3.05, 3.63) is 42.5 Å². The number of ether oxygens (including phenoxy) is 3. The Morgan fingerprint density at radius 2 is 2.03 bits per heavy atom. The van der Waals surface area contributed by atoms with Gasteiger partial charge in [0.15, 0.2) is 0 Å². The number of carbonyl (C=O) groups is 1. The standard InChI is InChI=1S/C23H30FN2O6PS/c1-4-31-20-13-16(25-22(27)19-10-11-30-14-15(19)2)8-9-21(20)34(28,29)26-17-6-5-7-18(12-17)32-23(3,24)33/h5-9,12-13,15,19,26H,4,10-11,14,33H2,1-3H3,(H,25,27)/t15-,19+,23?/m1/s1. The summed E-state index contributed by atoms with van der Waals surface area (Å²) in [5, 5.41) is 2.85. The summed E-state index contributed by atoms with van der Waals surface area (Å²) in [7, 11) is -2.15. The molecule has 1 aliphatic rings. The van der Waals surface area contributed by atoms with Crippen molar-refractivity contribution < 1.29 is 31.8 Å². The number of carbonyl (C=O) groups excluding carboxylic acids is 1. The minimum atomic E-state index is -4.06. The van der Waals surface area contributed by atoms with E-state index in [0.29, 0.717) is 25.3 Å². The second-order valence-corrected chi connectivity index (χ2v) is 10.9. The highest BCUT2D eigenvalue weighted by Crippen LogP contribution is 2.32. The van der Waals surface area contributed by atoms with E-state index in [0.717, 1.165) is 0 Å². The highest BCUT2D eigenvalue weighted by Gasteiger charge is 2.29. The molecule has 0 bridgehead atoms. The maximum Gasteiger partial charge on any atom is 0.265 e. The molecule has 2 aromatic rings. The quantitative estimate of drug-likeness (QED) is 0.483. The molecule has 2 aromatic carbocycles. The Morgan fingerprint density at radius 1 is 1.26 bits per heavy atom. The monoisotopic (exact) mass is 512 g/mol. The van der Waals surface area contributed by atoms with Gasteiger partial charge in [0.25, 0.3) is 15.6 Å². The zero-order valence-corrected chi connectivity index (χ0v) is 21.3. The Labute approximate surface area is 201 Å². The average molecular weight is 513 g/mol. The molecule has 1 heterocycles. The maximum absolute atomic E-state index is 13.8. The Kier molecular flexibility index (Phi) is 8.38. The predicted octanol–water partition coefficient (Wildman–Crippen LogP) is 4.39. The molecular formula is C23H30FN2O6PS. The molecule has 1 fully saturated rings. The Morgan fingerprint density at radius 3 is 2.71 bits per heavy atom. The fourth-order valence-corrected chi connectivity index (χ4v) is 4.96. The van der Waals surface area contributed by atoms with Crippen molar-refractivity contribution in [3.63, 3.8) is 0 Å². The summed E-state index contributed by atoms with van der Waals surface area (Å²) in [5.41, 5.74) is -1.37. The molecule has 2 N–H and O–H groups in total. The second-order valence-electron chi connectivity index (χ2n) is 8.25. The van der Waals surface area contributed by atoms with E-state index >= 15 is 0 Å². The van der Waals surface area contributed by atoms with Gasteiger partial charge in [-0.25, -0.2) is 8.42 Å². The van der Waals surface area contributed by atoms with Gasteiger partial charge in [-0.15, -0.1) is 0 Å². The lowest BCUT2D eigenvalue weighted by Crippen LogP contribution is -2.35. The van der Waals surface area contributed by atoms with E-state index in [-0.39, 0.29) is 46.4 Å². The molecule has 1 amide bonds. The summed E-state index contributed by atoms with van der Waals surface area (Å²) >= 11 is 0. The lowest BCUT2D eigenvalue weighted by atomic mass is 9.89. The third-order valence-corrected chi connectivity index (χ3v) is 6.72. The number of anilines is 2.